The van der Waals surface area contributed by atoms with E-state index in [1.165, 1.54) is 4.88 Å². The average Bonchev–Trinajstić information content (AvgIpc) is 3.16. The van der Waals surface area contributed by atoms with Crippen LogP contribution in [-0.2, 0) is 6.54 Å². The second-order valence-electron chi connectivity index (χ2n) is 7.47. The molecule has 2 heterocycles. The summed E-state index contributed by atoms with van der Waals surface area (Å²) >= 11 is 1.73. The van der Waals surface area contributed by atoms with Gasteiger partial charge < -0.3 is 4.90 Å². The molecule has 140 valence electrons. The Kier molecular flexibility index (Phi) is 5.23. The average molecular weight is 380 g/mol. The standard InChI is InChI=1S/C22H25N3OS/c1-24(2)22-23-13-18(27-22)15-25-12-6-9-17(14-25)21(26)20-11-5-8-16-7-3-4-10-19(16)20/h3-5,7-8,10-11,13,17H,6,9,12,14-15H2,1-2H3/t17-/m0/s1. The zero-order chi connectivity index (χ0) is 18.8. The number of Topliss-reactive ketones (excluding diaryl/α,β-unsaturated/α-hetero) is 1. The van der Waals surface area contributed by atoms with Crippen molar-refractivity contribution in [2.24, 2.45) is 5.92 Å². The number of fused-ring (bicyclic) bond motifs is 1. The second-order valence-corrected chi connectivity index (χ2v) is 8.56. The minimum absolute atomic E-state index is 0.0748. The Balaban J connectivity index is 1.49. The third-order valence-electron chi connectivity index (χ3n) is 5.23. The maximum atomic E-state index is 13.3. The Labute approximate surface area is 164 Å². The molecule has 4 rings (SSSR count). The third kappa shape index (κ3) is 3.89. The summed E-state index contributed by atoms with van der Waals surface area (Å²) in [6.45, 7) is 2.76. The number of hydrogen-bond acceptors (Lipinski definition) is 5. The Morgan fingerprint density at radius 1 is 1.22 bits per heavy atom. The van der Waals surface area contributed by atoms with E-state index < -0.39 is 0 Å². The van der Waals surface area contributed by atoms with Crippen LogP contribution in [0.5, 0.6) is 0 Å². The van der Waals surface area contributed by atoms with Gasteiger partial charge in [-0.15, -0.1) is 11.3 Å². The lowest BCUT2D eigenvalue weighted by molar-refractivity contribution is 0.0814. The van der Waals surface area contributed by atoms with Crippen LogP contribution >= 0.6 is 11.3 Å². The molecule has 0 amide bonds. The predicted molar refractivity (Wildman–Crippen MR) is 113 cm³/mol. The number of carbonyl (C=O) groups is 1. The number of ketones is 1. The first-order valence-electron chi connectivity index (χ1n) is 9.48. The van der Waals surface area contributed by atoms with Crippen LogP contribution < -0.4 is 4.90 Å². The summed E-state index contributed by atoms with van der Waals surface area (Å²) in [4.78, 5) is 23.4. The molecule has 1 saturated heterocycles. The van der Waals surface area contributed by atoms with E-state index in [-0.39, 0.29) is 11.7 Å². The lowest BCUT2D eigenvalue weighted by atomic mass is 9.88. The van der Waals surface area contributed by atoms with Gasteiger partial charge in [-0.1, -0.05) is 42.5 Å². The largest absolute Gasteiger partial charge is 0.354 e. The van der Waals surface area contributed by atoms with E-state index in [0.717, 1.165) is 53.9 Å². The fraction of sp³-hybridized carbons (Fsp3) is 0.364. The first kappa shape index (κ1) is 18.1. The summed E-state index contributed by atoms with van der Waals surface area (Å²) in [5, 5.41) is 3.24. The van der Waals surface area contributed by atoms with Gasteiger partial charge in [0, 0.05) is 49.7 Å². The van der Waals surface area contributed by atoms with Gasteiger partial charge in [0.25, 0.3) is 0 Å². The number of carbonyl (C=O) groups excluding carboxylic acids is 1. The summed E-state index contributed by atoms with van der Waals surface area (Å²) < 4.78 is 0. The number of aromatic nitrogens is 1. The van der Waals surface area contributed by atoms with Crippen LogP contribution in [-0.4, -0.2) is 42.9 Å². The fourth-order valence-electron chi connectivity index (χ4n) is 3.87. The van der Waals surface area contributed by atoms with E-state index >= 15 is 0 Å². The van der Waals surface area contributed by atoms with Crippen molar-refractivity contribution in [3.05, 3.63) is 59.1 Å². The van der Waals surface area contributed by atoms with Gasteiger partial charge in [-0.2, -0.15) is 0 Å². The molecule has 4 nitrogen and oxygen atoms in total. The van der Waals surface area contributed by atoms with Crippen LogP contribution in [0.1, 0.15) is 28.1 Å². The molecule has 0 radical (unpaired) electrons. The quantitative estimate of drug-likeness (QED) is 0.614. The van der Waals surface area contributed by atoms with Crippen molar-refractivity contribution in [1.82, 2.24) is 9.88 Å². The Bertz CT molecular complexity index is 944. The monoisotopic (exact) mass is 379 g/mol. The lowest BCUT2D eigenvalue weighted by Gasteiger charge is -2.31. The van der Waals surface area contributed by atoms with Gasteiger partial charge in [0.2, 0.25) is 0 Å². The van der Waals surface area contributed by atoms with Gasteiger partial charge in [-0.05, 0) is 30.2 Å². The molecular weight excluding hydrogens is 354 g/mol. The highest BCUT2D eigenvalue weighted by Gasteiger charge is 2.27. The highest BCUT2D eigenvalue weighted by Crippen LogP contribution is 2.28. The Morgan fingerprint density at radius 3 is 2.85 bits per heavy atom. The number of anilines is 1. The van der Waals surface area contributed by atoms with Gasteiger partial charge in [0.15, 0.2) is 10.9 Å². The zero-order valence-electron chi connectivity index (χ0n) is 15.9. The predicted octanol–water partition coefficient (Wildman–Crippen LogP) is 4.46. The van der Waals surface area contributed by atoms with Crippen molar-refractivity contribution < 1.29 is 4.79 Å². The van der Waals surface area contributed by atoms with Crippen molar-refractivity contribution in [2.75, 3.05) is 32.1 Å². The fourth-order valence-corrected chi connectivity index (χ4v) is 4.75. The van der Waals surface area contributed by atoms with Crippen molar-refractivity contribution in [3.8, 4) is 0 Å². The highest BCUT2D eigenvalue weighted by atomic mass is 32.1. The molecule has 2 aromatic carbocycles. The Morgan fingerprint density at radius 2 is 2.04 bits per heavy atom. The number of benzene rings is 2. The first-order valence-corrected chi connectivity index (χ1v) is 10.3. The molecule has 0 unspecified atom stereocenters. The minimum atomic E-state index is 0.0748. The van der Waals surface area contributed by atoms with E-state index in [2.05, 4.69) is 28.1 Å². The van der Waals surface area contributed by atoms with Crippen molar-refractivity contribution in [2.45, 2.75) is 19.4 Å². The zero-order valence-corrected chi connectivity index (χ0v) is 16.7. The maximum Gasteiger partial charge on any atom is 0.185 e. The number of likely N-dealkylation sites (tertiary alicyclic amines) is 1. The normalized spacial score (nSPS) is 17.9. The molecule has 27 heavy (non-hydrogen) atoms. The number of nitrogens with zero attached hydrogens (tertiary/aromatic N) is 3. The number of piperidine rings is 1. The van der Waals surface area contributed by atoms with E-state index in [0.29, 0.717) is 0 Å². The van der Waals surface area contributed by atoms with Crippen LogP contribution in [0.25, 0.3) is 10.8 Å². The van der Waals surface area contributed by atoms with E-state index in [1.54, 1.807) is 11.3 Å². The van der Waals surface area contributed by atoms with Crippen LogP contribution in [0.3, 0.4) is 0 Å². The van der Waals surface area contributed by atoms with Crippen LogP contribution in [0.15, 0.2) is 48.7 Å². The molecule has 0 saturated carbocycles. The summed E-state index contributed by atoms with van der Waals surface area (Å²) in [6.07, 6.45) is 4.01. The van der Waals surface area contributed by atoms with Crippen LogP contribution in [0.4, 0.5) is 5.13 Å². The molecule has 0 aliphatic carbocycles. The van der Waals surface area contributed by atoms with Gasteiger partial charge in [0.05, 0.1) is 0 Å². The van der Waals surface area contributed by atoms with E-state index in [4.69, 9.17) is 0 Å². The van der Waals surface area contributed by atoms with Gasteiger partial charge in [-0.25, -0.2) is 4.98 Å². The van der Waals surface area contributed by atoms with E-state index in [1.807, 2.05) is 49.5 Å². The summed E-state index contributed by atoms with van der Waals surface area (Å²) in [7, 11) is 4.03. The summed E-state index contributed by atoms with van der Waals surface area (Å²) in [5.74, 6) is 0.362. The van der Waals surface area contributed by atoms with Gasteiger partial charge in [0.1, 0.15) is 0 Å². The van der Waals surface area contributed by atoms with Crippen LogP contribution in [0, 0.1) is 5.92 Å². The van der Waals surface area contributed by atoms with Crippen molar-refractivity contribution in [1.29, 1.82) is 0 Å². The van der Waals surface area contributed by atoms with Crippen molar-refractivity contribution >= 4 is 33.0 Å². The highest BCUT2D eigenvalue weighted by molar-refractivity contribution is 7.15. The third-order valence-corrected chi connectivity index (χ3v) is 6.38. The molecule has 1 aliphatic heterocycles. The molecule has 0 bridgehead atoms. The first-order chi connectivity index (χ1) is 13.1. The maximum absolute atomic E-state index is 13.3. The van der Waals surface area contributed by atoms with Gasteiger partial charge >= 0.3 is 0 Å². The SMILES string of the molecule is CN(C)c1ncc(CN2CCC[C@H](C(=O)c3cccc4ccccc34)C2)s1. The molecule has 0 N–H and O–H groups in total. The molecule has 1 fully saturated rings. The molecule has 0 spiro atoms. The number of rotatable bonds is 5. The van der Waals surface area contributed by atoms with Crippen LogP contribution in [0.2, 0.25) is 0 Å². The summed E-state index contributed by atoms with van der Waals surface area (Å²) in [5.41, 5.74) is 0.868. The molecule has 1 aromatic heterocycles. The van der Waals surface area contributed by atoms with Gasteiger partial charge in [-0.3, -0.25) is 9.69 Å². The van der Waals surface area contributed by atoms with E-state index in [9.17, 15) is 4.79 Å². The molecule has 3 aromatic rings. The molecule has 1 atom stereocenters. The Hall–Kier alpha value is -2.24. The lowest BCUT2D eigenvalue weighted by Crippen LogP contribution is -2.38. The summed E-state index contributed by atoms with van der Waals surface area (Å²) in [6, 6.07) is 14.2. The smallest absolute Gasteiger partial charge is 0.185 e. The number of hydrogen-bond donors (Lipinski definition) is 0. The number of thiazole rings is 1. The molecule has 1 aliphatic rings. The topological polar surface area (TPSA) is 36.4 Å². The molecule has 5 heteroatoms. The molecular formula is C22H25N3OS. The van der Waals surface area contributed by atoms with Crippen molar-refractivity contribution in [3.63, 3.8) is 0 Å². The second kappa shape index (κ2) is 7.79. The minimum Gasteiger partial charge on any atom is -0.354 e.